The zero-order valence-corrected chi connectivity index (χ0v) is 17.9. The number of aromatic nitrogens is 2. The fourth-order valence-electron chi connectivity index (χ4n) is 3.04. The number of amides is 1. The number of nitrogens with zero attached hydrogens (tertiary/aromatic N) is 2. The minimum absolute atomic E-state index is 0. The molecule has 0 bridgehead atoms. The monoisotopic (exact) mass is 432 g/mol. The Morgan fingerprint density at radius 2 is 1.87 bits per heavy atom. The highest BCUT2D eigenvalue weighted by Crippen LogP contribution is 2.29. The normalized spacial score (nSPS) is 10.4. The number of benzene rings is 2. The second kappa shape index (κ2) is 9.98. The maximum absolute atomic E-state index is 12.8. The van der Waals surface area contributed by atoms with E-state index in [0.29, 0.717) is 46.7 Å². The molecule has 0 radical (unpaired) electrons. The smallest absolute Gasteiger partial charge is 0.261 e. The van der Waals surface area contributed by atoms with Crippen LogP contribution in [0, 0.1) is 6.92 Å². The Bertz CT molecular complexity index is 1110. The van der Waals surface area contributed by atoms with Crippen LogP contribution in [0.1, 0.15) is 18.4 Å². The lowest BCUT2D eigenvalue weighted by Crippen LogP contribution is -2.22. The van der Waals surface area contributed by atoms with Crippen LogP contribution in [0.2, 0.25) is 0 Å². The van der Waals surface area contributed by atoms with Crippen molar-refractivity contribution in [3.05, 3.63) is 52.6 Å². The second-order valence-electron chi connectivity index (χ2n) is 6.69. The van der Waals surface area contributed by atoms with Crippen molar-refractivity contribution in [2.24, 2.45) is 0 Å². The molecule has 0 saturated heterocycles. The van der Waals surface area contributed by atoms with Crippen molar-refractivity contribution in [1.82, 2.24) is 9.55 Å². The van der Waals surface area contributed by atoms with Crippen LogP contribution in [0.3, 0.4) is 0 Å². The average Bonchev–Trinajstić information content (AvgIpc) is 2.71. The molecular weight excluding hydrogens is 408 g/mol. The van der Waals surface area contributed by atoms with Crippen LogP contribution in [0.25, 0.3) is 10.9 Å². The van der Waals surface area contributed by atoms with Gasteiger partial charge in [-0.15, -0.1) is 12.4 Å². The molecule has 9 heteroatoms. The van der Waals surface area contributed by atoms with Gasteiger partial charge < -0.3 is 20.5 Å². The number of nitrogens with one attached hydrogen (secondary N) is 1. The maximum atomic E-state index is 12.8. The molecule has 0 aliphatic carbocycles. The summed E-state index contributed by atoms with van der Waals surface area (Å²) in [6.07, 6.45) is 2.24. The summed E-state index contributed by atoms with van der Waals surface area (Å²) in [5.41, 5.74) is 8.32. The number of ether oxygens (including phenoxy) is 2. The van der Waals surface area contributed by atoms with Gasteiger partial charge >= 0.3 is 0 Å². The Morgan fingerprint density at radius 3 is 2.57 bits per heavy atom. The fraction of sp³-hybridized carbons (Fsp3) is 0.286. The molecule has 0 aliphatic rings. The van der Waals surface area contributed by atoms with Gasteiger partial charge in [0.1, 0.15) is 0 Å². The van der Waals surface area contributed by atoms with Crippen LogP contribution >= 0.6 is 12.4 Å². The van der Waals surface area contributed by atoms with Crippen molar-refractivity contribution in [3.63, 3.8) is 0 Å². The van der Waals surface area contributed by atoms with Gasteiger partial charge in [0.25, 0.3) is 5.56 Å². The van der Waals surface area contributed by atoms with Crippen LogP contribution in [-0.4, -0.2) is 29.7 Å². The second-order valence-corrected chi connectivity index (χ2v) is 6.69. The van der Waals surface area contributed by atoms with Crippen molar-refractivity contribution < 1.29 is 14.3 Å². The number of nitrogen functional groups attached to an aromatic ring is 1. The summed E-state index contributed by atoms with van der Waals surface area (Å²) in [6.45, 7) is 2.28. The van der Waals surface area contributed by atoms with E-state index in [2.05, 4.69) is 10.3 Å². The number of anilines is 2. The Morgan fingerprint density at radius 1 is 1.17 bits per heavy atom. The Labute approximate surface area is 180 Å². The van der Waals surface area contributed by atoms with Crippen molar-refractivity contribution >= 4 is 40.6 Å². The lowest BCUT2D eigenvalue weighted by Gasteiger charge is -2.11. The fourth-order valence-corrected chi connectivity index (χ4v) is 3.04. The number of nitrogens with two attached hydrogens (primary N) is 1. The van der Waals surface area contributed by atoms with Crippen molar-refractivity contribution in [2.45, 2.75) is 26.3 Å². The molecule has 0 atom stereocenters. The van der Waals surface area contributed by atoms with Gasteiger partial charge in [0.05, 0.1) is 31.4 Å². The zero-order chi connectivity index (χ0) is 21.0. The number of rotatable bonds is 7. The number of hydrogen-bond donors (Lipinski definition) is 2. The molecular formula is C21H25ClN4O4. The molecule has 160 valence electrons. The van der Waals surface area contributed by atoms with Crippen LogP contribution in [-0.2, 0) is 11.3 Å². The molecule has 3 N–H and O–H groups in total. The van der Waals surface area contributed by atoms with E-state index < -0.39 is 0 Å². The van der Waals surface area contributed by atoms with Crippen LogP contribution in [0.4, 0.5) is 11.4 Å². The molecule has 0 spiro atoms. The van der Waals surface area contributed by atoms with Gasteiger partial charge in [0, 0.05) is 30.4 Å². The molecule has 0 saturated carbocycles. The topological polar surface area (TPSA) is 108 Å². The van der Waals surface area contributed by atoms with Crippen molar-refractivity contribution in [1.29, 1.82) is 0 Å². The first kappa shape index (κ1) is 23.0. The van der Waals surface area contributed by atoms with E-state index in [4.69, 9.17) is 15.2 Å². The van der Waals surface area contributed by atoms with E-state index in [9.17, 15) is 9.59 Å². The number of carbonyl (C=O) groups is 1. The highest BCUT2D eigenvalue weighted by molar-refractivity contribution is 5.92. The van der Waals surface area contributed by atoms with Gasteiger partial charge in [-0.05, 0) is 37.1 Å². The third kappa shape index (κ3) is 5.01. The van der Waals surface area contributed by atoms with E-state index in [1.807, 2.05) is 13.0 Å². The summed E-state index contributed by atoms with van der Waals surface area (Å²) < 4.78 is 12.0. The first-order chi connectivity index (χ1) is 13.9. The van der Waals surface area contributed by atoms with Gasteiger partial charge in [-0.1, -0.05) is 6.07 Å². The highest BCUT2D eigenvalue weighted by atomic mass is 35.5. The lowest BCUT2D eigenvalue weighted by molar-refractivity contribution is -0.116. The summed E-state index contributed by atoms with van der Waals surface area (Å²) >= 11 is 0. The highest BCUT2D eigenvalue weighted by Gasteiger charge is 2.12. The van der Waals surface area contributed by atoms with E-state index in [1.54, 1.807) is 24.3 Å². The van der Waals surface area contributed by atoms with Crippen LogP contribution in [0.5, 0.6) is 11.5 Å². The molecule has 2 aromatic carbocycles. The summed E-state index contributed by atoms with van der Waals surface area (Å²) in [5.74, 6) is 0.846. The molecule has 1 amide bonds. The number of aryl methyl sites for hydroxylation is 2. The molecule has 8 nitrogen and oxygen atoms in total. The number of hydrogen-bond acceptors (Lipinski definition) is 6. The first-order valence-corrected chi connectivity index (χ1v) is 9.20. The lowest BCUT2D eigenvalue weighted by atomic mass is 10.1. The zero-order valence-electron chi connectivity index (χ0n) is 17.1. The van der Waals surface area contributed by atoms with Crippen LogP contribution < -0.4 is 26.1 Å². The predicted molar refractivity (Wildman–Crippen MR) is 120 cm³/mol. The number of fused-ring (bicyclic) bond motifs is 1. The SMILES string of the molecule is COc1cc2ncn(CCCC(=O)Nc3cc(N)ccc3C)c(=O)c2cc1OC.Cl. The summed E-state index contributed by atoms with van der Waals surface area (Å²) in [7, 11) is 3.04. The Kier molecular flexibility index (Phi) is 7.66. The summed E-state index contributed by atoms with van der Waals surface area (Å²) in [5, 5.41) is 3.29. The molecule has 3 rings (SSSR count). The van der Waals surface area contributed by atoms with E-state index in [0.717, 1.165) is 5.56 Å². The average molecular weight is 433 g/mol. The third-order valence-electron chi connectivity index (χ3n) is 4.67. The number of methoxy groups -OCH3 is 2. The number of halogens is 1. The predicted octanol–water partition coefficient (Wildman–Crippen LogP) is 3.15. The molecule has 30 heavy (non-hydrogen) atoms. The van der Waals surface area contributed by atoms with E-state index in [1.165, 1.54) is 25.1 Å². The molecule has 1 aromatic heterocycles. The Balaban J connectivity index is 0.00000320. The Hall–Kier alpha value is -3.26. The van der Waals surface area contributed by atoms with Crippen molar-refractivity contribution in [3.8, 4) is 11.5 Å². The van der Waals surface area contributed by atoms with Crippen molar-refractivity contribution in [2.75, 3.05) is 25.3 Å². The maximum Gasteiger partial charge on any atom is 0.261 e. The van der Waals surface area contributed by atoms with Crippen LogP contribution in [0.15, 0.2) is 41.5 Å². The standard InChI is InChI=1S/C21H24N4O4.ClH/c1-13-6-7-14(22)9-16(13)24-20(26)5-4-8-25-12-23-17-11-19(29-3)18(28-2)10-15(17)21(25)27;/h6-7,9-12H,4-5,8,22H2,1-3H3,(H,24,26);1H. The van der Waals surface area contributed by atoms with Gasteiger partial charge in [0.2, 0.25) is 5.91 Å². The minimum atomic E-state index is -0.192. The summed E-state index contributed by atoms with van der Waals surface area (Å²) in [6, 6.07) is 8.66. The van der Waals surface area contributed by atoms with Gasteiger partial charge in [-0.25, -0.2) is 4.98 Å². The molecule has 1 heterocycles. The van der Waals surface area contributed by atoms with E-state index in [-0.39, 0.29) is 30.3 Å². The van der Waals surface area contributed by atoms with Gasteiger partial charge in [-0.3, -0.25) is 14.2 Å². The first-order valence-electron chi connectivity index (χ1n) is 9.20. The minimum Gasteiger partial charge on any atom is -0.493 e. The van der Waals surface area contributed by atoms with Gasteiger partial charge in [0.15, 0.2) is 11.5 Å². The molecule has 3 aromatic rings. The molecule has 0 fully saturated rings. The number of carbonyl (C=O) groups excluding carboxylic acids is 1. The molecule has 0 aliphatic heterocycles. The molecule has 0 unspecified atom stereocenters. The van der Waals surface area contributed by atoms with Gasteiger partial charge in [-0.2, -0.15) is 0 Å². The quantitative estimate of drug-likeness (QED) is 0.555. The third-order valence-corrected chi connectivity index (χ3v) is 4.67. The largest absolute Gasteiger partial charge is 0.493 e. The van der Waals surface area contributed by atoms with E-state index >= 15 is 0 Å². The summed E-state index contributed by atoms with van der Waals surface area (Å²) in [4.78, 5) is 29.3.